The number of aromatic amines is 2. The fraction of sp³-hybridized carbons (Fsp3) is 0.500. The van der Waals surface area contributed by atoms with Crippen molar-refractivity contribution in [3.05, 3.63) is 39.7 Å². The lowest BCUT2D eigenvalue weighted by Gasteiger charge is -2.20. The fourth-order valence-corrected chi connectivity index (χ4v) is 7.55. The van der Waals surface area contributed by atoms with Crippen molar-refractivity contribution in [1.82, 2.24) is 39.0 Å². The van der Waals surface area contributed by atoms with Gasteiger partial charge >= 0.3 is 0 Å². The lowest BCUT2D eigenvalue weighted by molar-refractivity contribution is -0.0334. The fourth-order valence-electron chi connectivity index (χ4n) is 4.89. The summed E-state index contributed by atoms with van der Waals surface area (Å²) in [7, 11) is 1.51. The van der Waals surface area contributed by atoms with E-state index in [-0.39, 0.29) is 41.5 Å². The molecule has 0 aromatic carbocycles. The topological polar surface area (TPSA) is 220 Å². The highest BCUT2D eigenvalue weighted by molar-refractivity contribution is 8.00. The van der Waals surface area contributed by atoms with Crippen LogP contribution in [0.4, 0.5) is 10.3 Å². The summed E-state index contributed by atoms with van der Waals surface area (Å²) in [5.74, 6) is -0.856. The van der Waals surface area contributed by atoms with E-state index in [0.717, 1.165) is 0 Å². The number of fused-ring (bicyclic) bond motifs is 2. The molecule has 0 aliphatic carbocycles. The first kappa shape index (κ1) is 29.8. The molecule has 0 radical (unpaired) electrons. The van der Waals surface area contributed by atoms with Gasteiger partial charge in [-0.05, 0) is 12.9 Å². The number of thioether (sulfide) groups is 1. The molecule has 17 nitrogen and oxygen atoms in total. The van der Waals surface area contributed by atoms with Gasteiger partial charge in [-0.25, -0.2) is 19.3 Å². The van der Waals surface area contributed by atoms with Crippen molar-refractivity contribution >= 4 is 71.4 Å². The summed E-state index contributed by atoms with van der Waals surface area (Å²) in [6.07, 6.45) is -1.50. The number of nitrogens with zero attached hydrogens (tertiary/aromatic N) is 6. The van der Waals surface area contributed by atoms with E-state index in [1.54, 1.807) is 4.57 Å². The molecule has 0 saturated carbocycles. The number of anilines is 1. The van der Waals surface area contributed by atoms with Gasteiger partial charge in [-0.2, -0.15) is 4.98 Å². The van der Waals surface area contributed by atoms with Gasteiger partial charge in [0, 0.05) is 15.4 Å². The van der Waals surface area contributed by atoms with Gasteiger partial charge in [0.1, 0.15) is 23.0 Å². The van der Waals surface area contributed by atoms with Gasteiger partial charge in [0.2, 0.25) is 5.95 Å². The van der Waals surface area contributed by atoms with Crippen molar-refractivity contribution in [2.75, 3.05) is 18.9 Å². The number of hydrogen-bond donors (Lipinski definition) is 5. The molecule has 6 heterocycles. The van der Waals surface area contributed by atoms with Gasteiger partial charge in [0.05, 0.1) is 38.3 Å². The number of aromatic nitrogens is 8. The number of halogens is 1. The van der Waals surface area contributed by atoms with E-state index in [4.69, 9.17) is 28.2 Å². The van der Waals surface area contributed by atoms with Gasteiger partial charge in [-0.3, -0.25) is 23.7 Å². The van der Waals surface area contributed by atoms with E-state index >= 15 is 4.39 Å². The van der Waals surface area contributed by atoms with E-state index < -0.39 is 67.6 Å². The zero-order valence-corrected chi connectivity index (χ0v) is 25.0. The van der Waals surface area contributed by atoms with E-state index in [2.05, 4.69) is 52.3 Å². The Morgan fingerprint density at radius 2 is 1.95 bits per heavy atom. The molecule has 10 atom stereocenters. The minimum atomic E-state index is -1.56. The second-order valence-electron chi connectivity index (χ2n) is 9.31. The molecular formula is C20H24FN9O8P2S2. The maximum atomic E-state index is 15.7. The number of ether oxygens (including phenoxy) is 1. The van der Waals surface area contributed by atoms with Gasteiger partial charge in [-0.1, -0.05) is 11.8 Å². The third-order valence-electron chi connectivity index (χ3n) is 6.89. The highest BCUT2D eigenvalue weighted by Gasteiger charge is 2.48. The molecule has 42 heavy (non-hydrogen) atoms. The number of hydrogen-bond acceptors (Lipinski definition) is 15. The first-order chi connectivity index (χ1) is 20.3. The van der Waals surface area contributed by atoms with E-state index in [1.807, 2.05) is 0 Å². The van der Waals surface area contributed by atoms with Crippen molar-refractivity contribution in [3.63, 3.8) is 0 Å². The van der Waals surface area contributed by atoms with Crippen LogP contribution in [0.1, 0.15) is 11.6 Å². The normalized spacial score (nSPS) is 30.0. The third-order valence-corrected chi connectivity index (χ3v) is 9.55. The van der Waals surface area contributed by atoms with Crippen LogP contribution in [-0.4, -0.2) is 87.3 Å². The van der Waals surface area contributed by atoms with Gasteiger partial charge in [0.25, 0.3) is 11.1 Å². The van der Waals surface area contributed by atoms with Crippen molar-refractivity contribution in [1.29, 1.82) is 0 Å². The van der Waals surface area contributed by atoms with Crippen LogP contribution >= 0.6 is 43.2 Å². The molecule has 226 valence electrons. The summed E-state index contributed by atoms with van der Waals surface area (Å²) in [6, 6.07) is 0. The number of alkyl halides is 1. The number of aliphatic hydroxyl groups excluding tert-OH is 1. The molecule has 0 spiro atoms. The monoisotopic (exact) mass is 663 g/mol. The van der Waals surface area contributed by atoms with Crippen molar-refractivity contribution in [2.45, 2.75) is 41.5 Å². The highest BCUT2D eigenvalue weighted by atomic mass is 32.2. The van der Waals surface area contributed by atoms with Crippen LogP contribution in [-0.2, 0) is 22.5 Å². The number of nitrogen functional groups attached to an aromatic ring is 1. The Morgan fingerprint density at radius 3 is 2.71 bits per heavy atom. The van der Waals surface area contributed by atoms with Crippen molar-refractivity contribution < 1.29 is 32.0 Å². The standard InChI is InChI=1S/C20H24FN9O8P2S2/c21-8-6(7(2-34-39)36-17(8)29-4-25-9-13(29)23-3-24-15(9)32)1-35-40-37-19-11(31)12(38-41)18(42-19)30-5-26-10-14(30)27-20(22)28-16(10)33/h3-8,11-12,17-19,31,40-41H,1-2,39H2,(H,23,24,32)(H3,22,27,28,33)/t6-,7-,8+,11+,12-,17-,18-,19?/m1/s1. The first-order valence-corrected chi connectivity index (χ1v) is 14.8. The minimum Gasteiger partial charge on any atom is -0.387 e. The SMILES string of the molecule is Nc1nc2c(ncn2[C@@H]2SC(OPOC[C@H]3[C@H](F)[C@H](n4cnc5c(=O)[nH]cnc54)O[C@@H]3COP)[C@@H](O)[C@H]2OS)c(=O)[nH]1. The molecule has 2 aliphatic heterocycles. The number of nitrogens with two attached hydrogens (primary N) is 1. The first-order valence-electron chi connectivity index (χ1n) is 12.2. The maximum absolute atomic E-state index is 15.7. The second kappa shape index (κ2) is 12.4. The molecule has 5 N–H and O–H groups in total. The molecule has 0 amide bonds. The smallest absolute Gasteiger partial charge is 0.280 e. The molecule has 2 fully saturated rings. The average molecular weight is 664 g/mol. The Balaban J connectivity index is 1.11. The Morgan fingerprint density at radius 1 is 1.19 bits per heavy atom. The number of thiol groups is 1. The van der Waals surface area contributed by atoms with Crippen LogP contribution in [0.25, 0.3) is 22.3 Å². The number of imidazole rings is 2. The summed E-state index contributed by atoms with van der Waals surface area (Å²) in [4.78, 5) is 45.4. The Labute approximate surface area is 248 Å². The quantitative estimate of drug-likeness (QED) is 0.0663. The highest BCUT2D eigenvalue weighted by Crippen LogP contribution is 2.47. The zero-order chi connectivity index (χ0) is 29.5. The zero-order valence-electron chi connectivity index (χ0n) is 21.1. The predicted octanol–water partition coefficient (Wildman–Crippen LogP) is 0.197. The molecule has 6 rings (SSSR count). The van der Waals surface area contributed by atoms with Crippen LogP contribution in [0.5, 0.6) is 0 Å². The molecule has 2 aliphatic rings. The Bertz CT molecular complexity index is 1690. The molecule has 4 aromatic heterocycles. The van der Waals surface area contributed by atoms with Crippen LogP contribution < -0.4 is 16.9 Å². The Kier molecular flexibility index (Phi) is 8.80. The lowest BCUT2D eigenvalue weighted by Crippen LogP contribution is -2.32. The summed E-state index contributed by atoms with van der Waals surface area (Å²) in [6.45, 7) is -0.0444. The van der Waals surface area contributed by atoms with Crippen LogP contribution in [0.3, 0.4) is 0 Å². The molecule has 3 unspecified atom stereocenters. The number of nitrogens with one attached hydrogen (secondary N) is 2. The van der Waals surface area contributed by atoms with E-state index in [9.17, 15) is 14.7 Å². The summed E-state index contributed by atoms with van der Waals surface area (Å²) < 4.78 is 46.4. The molecule has 2 saturated heterocycles. The van der Waals surface area contributed by atoms with E-state index in [1.165, 1.54) is 35.3 Å². The summed E-state index contributed by atoms with van der Waals surface area (Å²) in [5.41, 5.74) is 4.42. The number of rotatable bonds is 10. The van der Waals surface area contributed by atoms with Crippen molar-refractivity contribution in [2.24, 2.45) is 5.92 Å². The number of H-pyrrole nitrogens is 2. The van der Waals surface area contributed by atoms with Crippen LogP contribution in [0, 0.1) is 5.92 Å². The predicted molar refractivity (Wildman–Crippen MR) is 154 cm³/mol. The third kappa shape index (κ3) is 5.34. The summed E-state index contributed by atoms with van der Waals surface area (Å²) >= 11 is 5.08. The average Bonchev–Trinajstić information content (AvgIpc) is 3.72. The number of aliphatic hydroxyl groups is 1. The second-order valence-corrected chi connectivity index (χ2v) is 11.8. The molecular weight excluding hydrogens is 639 g/mol. The van der Waals surface area contributed by atoms with E-state index in [0.29, 0.717) is 0 Å². The molecule has 22 heteroatoms. The lowest BCUT2D eigenvalue weighted by atomic mass is 10.0. The minimum absolute atomic E-state index is 0.0559. The van der Waals surface area contributed by atoms with Gasteiger partial charge in [-0.15, -0.1) is 0 Å². The van der Waals surface area contributed by atoms with Crippen LogP contribution in [0.2, 0.25) is 0 Å². The maximum Gasteiger partial charge on any atom is 0.280 e. The largest absolute Gasteiger partial charge is 0.387 e. The van der Waals surface area contributed by atoms with Crippen molar-refractivity contribution in [3.8, 4) is 0 Å². The molecule has 0 bridgehead atoms. The Hall–Kier alpha value is -2.25. The van der Waals surface area contributed by atoms with Gasteiger partial charge in [0.15, 0.2) is 43.8 Å². The van der Waals surface area contributed by atoms with Crippen LogP contribution in [0.15, 0.2) is 28.6 Å². The molecule has 4 aromatic rings. The summed E-state index contributed by atoms with van der Waals surface area (Å²) in [5, 5.41) is 10.2. The van der Waals surface area contributed by atoms with Gasteiger partial charge < -0.3 is 38.3 Å².